The second kappa shape index (κ2) is 7.25. The summed E-state index contributed by atoms with van der Waals surface area (Å²) in [6.45, 7) is 3.57. The molecule has 4 rings (SSSR count). The Morgan fingerprint density at radius 1 is 1.28 bits per heavy atom. The zero-order valence-electron chi connectivity index (χ0n) is 14.5. The molecule has 2 N–H and O–H groups in total. The first-order chi connectivity index (χ1) is 12.2. The monoisotopic (exact) mass is 360 g/mol. The van der Waals surface area contributed by atoms with Gasteiger partial charge in [0.2, 0.25) is 0 Å². The van der Waals surface area contributed by atoms with Crippen LogP contribution in [0.3, 0.4) is 0 Å². The van der Waals surface area contributed by atoms with E-state index in [2.05, 4.69) is 20.6 Å². The van der Waals surface area contributed by atoms with Crippen LogP contribution >= 0.6 is 11.3 Å². The number of thiophene rings is 1. The summed E-state index contributed by atoms with van der Waals surface area (Å²) in [6.07, 6.45) is 8.60. The van der Waals surface area contributed by atoms with Crippen LogP contribution < -0.4 is 10.6 Å². The lowest BCUT2D eigenvalue weighted by Gasteiger charge is -2.12. The molecule has 2 aromatic heterocycles. The third-order valence-corrected chi connectivity index (χ3v) is 6.34. The molecule has 0 aromatic carbocycles. The molecule has 3 heterocycles. The molecule has 2 aromatic rings. The number of aromatic nitrogens is 2. The summed E-state index contributed by atoms with van der Waals surface area (Å²) in [7, 11) is 0. The van der Waals surface area contributed by atoms with Gasteiger partial charge in [-0.1, -0.05) is 12.8 Å². The highest BCUT2D eigenvalue weighted by Crippen LogP contribution is 2.33. The highest BCUT2D eigenvalue weighted by molar-refractivity contribution is 7.20. The van der Waals surface area contributed by atoms with Gasteiger partial charge < -0.3 is 15.4 Å². The Morgan fingerprint density at radius 3 is 2.88 bits per heavy atom. The number of hydrogen-bond acceptors (Lipinski definition) is 6. The van der Waals surface area contributed by atoms with Gasteiger partial charge in [0.05, 0.1) is 16.4 Å². The molecule has 1 amide bonds. The summed E-state index contributed by atoms with van der Waals surface area (Å²) in [5.74, 6) is 0.826. The highest BCUT2D eigenvalue weighted by Gasteiger charge is 2.23. The Kier molecular flexibility index (Phi) is 4.85. The van der Waals surface area contributed by atoms with E-state index in [0.717, 1.165) is 65.3 Å². The molecule has 0 spiro atoms. The maximum Gasteiger partial charge on any atom is 0.261 e. The van der Waals surface area contributed by atoms with Crippen molar-refractivity contribution in [3.05, 3.63) is 16.8 Å². The topological polar surface area (TPSA) is 76.1 Å². The molecule has 1 aliphatic heterocycles. The van der Waals surface area contributed by atoms with Crippen molar-refractivity contribution >= 4 is 33.3 Å². The third kappa shape index (κ3) is 3.48. The van der Waals surface area contributed by atoms with Gasteiger partial charge in [-0.25, -0.2) is 9.97 Å². The number of ether oxygens (including phenoxy) is 1. The molecule has 2 fully saturated rings. The van der Waals surface area contributed by atoms with Gasteiger partial charge in [0.25, 0.3) is 5.91 Å². The predicted molar refractivity (Wildman–Crippen MR) is 99.3 cm³/mol. The van der Waals surface area contributed by atoms with E-state index in [1.165, 1.54) is 24.2 Å². The number of hydrogen-bond donors (Lipinski definition) is 2. The van der Waals surface area contributed by atoms with E-state index in [0.29, 0.717) is 6.04 Å². The van der Waals surface area contributed by atoms with E-state index in [1.54, 1.807) is 6.33 Å². The molecule has 0 unspecified atom stereocenters. The fraction of sp³-hybridized carbons (Fsp3) is 0.611. The molecule has 25 heavy (non-hydrogen) atoms. The van der Waals surface area contributed by atoms with Crippen LogP contribution in [-0.4, -0.2) is 41.2 Å². The third-order valence-electron chi connectivity index (χ3n) is 5.14. The summed E-state index contributed by atoms with van der Waals surface area (Å²) < 4.78 is 5.67. The minimum absolute atomic E-state index is 0.0254. The van der Waals surface area contributed by atoms with Crippen molar-refractivity contribution in [2.75, 3.05) is 18.5 Å². The van der Waals surface area contributed by atoms with Gasteiger partial charge in [0, 0.05) is 19.2 Å². The van der Waals surface area contributed by atoms with Crippen LogP contribution in [0.2, 0.25) is 0 Å². The van der Waals surface area contributed by atoms with Crippen LogP contribution in [-0.2, 0) is 4.74 Å². The number of amides is 1. The minimum atomic E-state index is 0.0254. The first kappa shape index (κ1) is 16.7. The largest absolute Gasteiger partial charge is 0.376 e. The molecule has 0 radical (unpaired) electrons. The van der Waals surface area contributed by atoms with E-state index in [-0.39, 0.29) is 12.0 Å². The molecule has 6 nitrogen and oxygen atoms in total. The fourth-order valence-corrected chi connectivity index (χ4v) is 4.81. The van der Waals surface area contributed by atoms with Crippen molar-refractivity contribution < 1.29 is 9.53 Å². The van der Waals surface area contributed by atoms with E-state index in [9.17, 15) is 4.79 Å². The molecular formula is C18H24N4O2S. The maximum absolute atomic E-state index is 12.7. The van der Waals surface area contributed by atoms with Crippen LogP contribution in [0.25, 0.3) is 10.2 Å². The van der Waals surface area contributed by atoms with Gasteiger partial charge in [-0.05, 0) is 38.2 Å². The average Bonchev–Trinajstić information content (AvgIpc) is 3.35. The predicted octanol–water partition coefficient (Wildman–Crippen LogP) is 3.26. The number of nitrogens with zero attached hydrogens (tertiary/aromatic N) is 2. The number of rotatable bonds is 5. The Bertz CT molecular complexity index is 764. The first-order valence-corrected chi connectivity index (χ1v) is 9.94. The number of nitrogens with one attached hydrogen (secondary N) is 2. The molecular weight excluding hydrogens is 336 g/mol. The summed E-state index contributed by atoms with van der Waals surface area (Å²) in [5, 5.41) is 7.53. The van der Waals surface area contributed by atoms with E-state index < -0.39 is 0 Å². The Balaban J connectivity index is 1.55. The van der Waals surface area contributed by atoms with Crippen molar-refractivity contribution in [3.8, 4) is 0 Å². The average molecular weight is 360 g/mol. The summed E-state index contributed by atoms with van der Waals surface area (Å²) in [4.78, 5) is 23.1. The molecule has 1 aliphatic carbocycles. The summed E-state index contributed by atoms with van der Waals surface area (Å²) in [5.41, 5.74) is 0.964. The zero-order chi connectivity index (χ0) is 17.2. The lowest BCUT2D eigenvalue weighted by Crippen LogP contribution is -2.32. The smallest absolute Gasteiger partial charge is 0.261 e. The second-order valence-corrected chi connectivity index (χ2v) is 7.93. The molecule has 134 valence electrons. The molecule has 2 aliphatic rings. The number of carbonyl (C=O) groups is 1. The lowest BCUT2D eigenvalue weighted by atomic mass is 10.1. The first-order valence-electron chi connectivity index (χ1n) is 9.13. The van der Waals surface area contributed by atoms with Gasteiger partial charge >= 0.3 is 0 Å². The van der Waals surface area contributed by atoms with Crippen LogP contribution in [0.15, 0.2) is 6.33 Å². The van der Waals surface area contributed by atoms with Gasteiger partial charge in [0.15, 0.2) is 0 Å². The van der Waals surface area contributed by atoms with E-state index in [4.69, 9.17) is 4.74 Å². The van der Waals surface area contributed by atoms with Crippen LogP contribution in [0.5, 0.6) is 0 Å². The van der Waals surface area contributed by atoms with E-state index in [1.807, 2.05) is 6.92 Å². The molecule has 1 atom stereocenters. The van der Waals surface area contributed by atoms with E-state index >= 15 is 0 Å². The summed E-state index contributed by atoms with van der Waals surface area (Å²) >= 11 is 1.45. The van der Waals surface area contributed by atoms with Crippen LogP contribution in [0, 0.1) is 6.92 Å². The van der Waals surface area contributed by atoms with Crippen molar-refractivity contribution in [1.82, 2.24) is 15.3 Å². The van der Waals surface area contributed by atoms with Gasteiger partial charge in [0.1, 0.15) is 17.0 Å². The molecule has 1 saturated carbocycles. The van der Waals surface area contributed by atoms with Crippen molar-refractivity contribution in [2.24, 2.45) is 0 Å². The second-order valence-electron chi connectivity index (χ2n) is 6.93. The van der Waals surface area contributed by atoms with Gasteiger partial charge in [-0.2, -0.15) is 0 Å². The highest BCUT2D eigenvalue weighted by atomic mass is 32.1. The quantitative estimate of drug-likeness (QED) is 0.856. The molecule has 7 heteroatoms. The van der Waals surface area contributed by atoms with Crippen LogP contribution in [0.4, 0.5) is 5.82 Å². The Labute approximate surface area is 151 Å². The lowest BCUT2D eigenvalue weighted by molar-refractivity contribution is 0.0941. The molecule has 1 saturated heterocycles. The number of anilines is 1. The van der Waals surface area contributed by atoms with Gasteiger partial charge in [-0.3, -0.25) is 4.79 Å². The molecule has 0 bridgehead atoms. The SMILES string of the molecule is Cc1c(C(=O)NC2CCCC2)sc2ncnc(NC[C@@H]3CCCO3)c12. The Hall–Kier alpha value is -1.73. The fourth-order valence-electron chi connectivity index (χ4n) is 3.76. The van der Waals surface area contributed by atoms with Crippen molar-refractivity contribution in [3.63, 3.8) is 0 Å². The number of aryl methyl sites for hydroxylation is 1. The number of fused-ring (bicyclic) bond motifs is 1. The zero-order valence-corrected chi connectivity index (χ0v) is 15.3. The van der Waals surface area contributed by atoms with Crippen molar-refractivity contribution in [1.29, 1.82) is 0 Å². The normalized spacial score (nSPS) is 21.1. The standard InChI is InChI=1S/C18H24N4O2S/c1-11-14-16(19-9-13-7-4-8-24-13)20-10-21-18(14)25-15(11)17(23)22-12-5-2-3-6-12/h10,12-13H,2-9H2,1H3,(H,22,23)(H,19,20,21)/t13-/m0/s1. The van der Waals surface area contributed by atoms with Crippen molar-refractivity contribution in [2.45, 2.75) is 57.6 Å². The minimum Gasteiger partial charge on any atom is -0.376 e. The number of carbonyl (C=O) groups excluding carboxylic acids is 1. The Morgan fingerprint density at radius 2 is 2.12 bits per heavy atom. The van der Waals surface area contributed by atoms with Crippen LogP contribution in [0.1, 0.15) is 53.8 Å². The van der Waals surface area contributed by atoms with Gasteiger partial charge in [-0.15, -0.1) is 11.3 Å². The summed E-state index contributed by atoms with van der Waals surface area (Å²) in [6, 6.07) is 0.320. The maximum atomic E-state index is 12.7.